The van der Waals surface area contributed by atoms with Crippen LogP contribution in [0.25, 0.3) is 0 Å². The Balaban J connectivity index is 2.31. The van der Waals surface area contributed by atoms with Crippen molar-refractivity contribution in [2.75, 3.05) is 20.1 Å². The molecular formula is C16H24N2O3. The van der Waals surface area contributed by atoms with Crippen LogP contribution in [0.5, 0.6) is 0 Å². The highest BCUT2D eigenvalue weighted by Gasteiger charge is 2.30. The van der Waals surface area contributed by atoms with Crippen molar-refractivity contribution in [3.05, 3.63) is 22.6 Å². The number of nitrogens with zero attached hydrogens (tertiary/aromatic N) is 2. The molecule has 21 heavy (non-hydrogen) atoms. The number of amides is 2. The van der Waals surface area contributed by atoms with Gasteiger partial charge < -0.3 is 14.2 Å². The Morgan fingerprint density at radius 1 is 1.33 bits per heavy atom. The van der Waals surface area contributed by atoms with Crippen LogP contribution in [0.4, 0.5) is 0 Å². The third-order valence-electron chi connectivity index (χ3n) is 4.00. The number of fused-ring (bicyclic) bond motifs is 1. The lowest BCUT2D eigenvalue weighted by Crippen LogP contribution is -2.36. The minimum atomic E-state index is -0.00912. The van der Waals surface area contributed by atoms with Gasteiger partial charge in [0.15, 0.2) is 0 Å². The molecule has 0 saturated carbocycles. The van der Waals surface area contributed by atoms with Gasteiger partial charge in [-0.3, -0.25) is 9.59 Å². The van der Waals surface area contributed by atoms with E-state index in [-0.39, 0.29) is 11.8 Å². The van der Waals surface area contributed by atoms with E-state index in [1.54, 1.807) is 4.90 Å². The largest absolute Gasteiger partial charge is 0.465 e. The Bertz CT molecular complexity index is 548. The first-order chi connectivity index (χ1) is 9.99. The minimum Gasteiger partial charge on any atom is -0.465 e. The second-order valence-corrected chi connectivity index (χ2v) is 5.58. The summed E-state index contributed by atoms with van der Waals surface area (Å²) in [7, 11) is 1.81. The van der Waals surface area contributed by atoms with Crippen molar-refractivity contribution in [3.63, 3.8) is 0 Å². The fourth-order valence-electron chi connectivity index (χ4n) is 2.87. The van der Waals surface area contributed by atoms with Crippen molar-refractivity contribution in [3.8, 4) is 0 Å². The number of hydrogen-bond acceptors (Lipinski definition) is 3. The van der Waals surface area contributed by atoms with Crippen LogP contribution in [0, 0.1) is 6.92 Å². The number of aryl methyl sites for hydroxylation is 1. The first-order valence-corrected chi connectivity index (χ1v) is 7.63. The van der Waals surface area contributed by atoms with Crippen molar-refractivity contribution >= 4 is 11.8 Å². The van der Waals surface area contributed by atoms with E-state index in [1.165, 1.54) is 0 Å². The molecule has 1 aromatic heterocycles. The predicted octanol–water partition coefficient (Wildman–Crippen LogP) is 2.36. The topological polar surface area (TPSA) is 53.8 Å². The van der Waals surface area contributed by atoms with Gasteiger partial charge in [-0.25, -0.2) is 0 Å². The molecule has 0 N–H and O–H groups in total. The summed E-state index contributed by atoms with van der Waals surface area (Å²) in [5.41, 5.74) is 1.54. The van der Waals surface area contributed by atoms with Crippen molar-refractivity contribution in [2.45, 2.75) is 46.6 Å². The molecule has 0 unspecified atom stereocenters. The first kappa shape index (κ1) is 15.6. The molecule has 0 fully saturated rings. The van der Waals surface area contributed by atoms with Crippen molar-refractivity contribution < 1.29 is 14.0 Å². The van der Waals surface area contributed by atoms with Crippen LogP contribution in [0.15, 0.2) is 4.42 Å². The number of carbonyl (C=O) groups excluding carboxylic acids is 2. The van der Waals surface area contributed by atoms with E-state index in [2.05, 4.69) is 0 Å². The Kier molecular flexibility index (Phi) is 4.70. The van der Waals surface area contributed by atoms with Gasteiger partial charge in [-0.15, -0.1) is 0 Å². The third-order valence-corrected chi connectivity index (χ3v) is 4.00. The van der Waals surface area contributed by atoms with Gasteiger partial charge in [-0.1, -0.05) is 13.8 Å². The summed E-state index contributed by atoms with van der Waals surface area (Å²) in [4.78, 5) is 28.0. The van der Waals surface area contributed by atoms with Crippen LogP contribution in [0.2, 0.25) is 0 Å². The molecule has 5 heteroatoms. The van der Waals surface area contributed by atoms with Crippen molar-refractivity contribution in [1.29, 1.82) is 0 Å². The van der Waals surface area contributed by atoms with E-state index in [0.29, 0.717) is 37.3 Å². The van der Waals surface area contributed by atoms with E-state index in [0.717, 1.165) is 24.3 Å². The highest BCUT2D eigenvalue weighted by atomic mass is 16.3. The SMILES string of the molecule is CCCN(C)C(=O)c1c(C)oc2c1CN(C(=O)CC)CC2. The van der Waals surface area contributed by atoms with E-state index in [9.17, 15) is 9.59 Å². The Hall–Kier alpha value is -1.78. The van der Waals surface area contributed by atoms with Gasteiger partial charge in [-0.2, -0.15) is 0 Å². The zero-order valence-electron chi connectivity index (χ0n) is 13.4. The summed E-state index contributed by atoms with van der Waals surface area (Å²) in [6, 6.07) is 0. The monoisotopic (exact) mass is 292 g/mol. The Morgan fingerprint density at radius 3 is 2.67 bits per heavy atom. The van der Waals surface area contributed by atoms with Gasteiger partial charge in [0.05, 0.1) is 5.56 Å². The fraction of sp³-hybridized carbons (Fsp3) is 0.625. The van der Waals surface area contributed by atoms with Crippen molar-refractivity contribution in [1.82, 2.24) is 9.80 Å². The summed E-state index contributed by atoms with van der Waals surface area (Å²) >= 11 is 0. The van der Waals surface area contributed by atoms with Crippen LogP contribution < -0.4 is 0 Å². The summed E-state index contributed by atoms with van der Waals surface area (Å²) < 4.78 is 5.76. The average molecular weight is 292 g/mol. The van der Waals surface area contributed by atoms with E-state index >= 15 is 0 Å². The molecule has 2 heterocycles. The molecule has 0 aromatic carbocycles. The Morgan fingerprint density at radius 2 is 2.05 bits per heavy atom. The second kappa shape index (κ2) is 6.33. The molecule has 1 aliphatic rings. The molecule has 2 amide bonds. The summed E-state index contributed by atoms with van der Waals surface area (Å²) in [6.07, 6.45) is 2.10. The zero-order valence-corrected chi connectivity index (χ0v) is 13.4. The van der Waals surface area contributed by atoms with Gasteiger partial charge >= 0.3 is 0 Å². The minimum absolute atomic E-state index is 0.00912. The average Bonchev–Trinajstić information content (AvgIpc) is 2.80. The van der Waals surface area contributed by atoms with Crippen LogP contribution in [0.3, 0.4) is 0 Å². The predicted molar refractivity (Wildman–Crippen MR) is 80.1 cm³/mol. The number of rotatable bonds is 4. The van der Waals surface area contributed by atoms with E-state index in [4.69, 9.17) is 4.42 Å². The maximum Gasteiger partial charge on any atom is 0.257 e. The normalized spacial score (nSPS) is 14.0. The molecule has 0 atom stereocenters. The summed E-state index contributed by atoms with van der Waals surface area (Å²) in [5, 5.41) is 0. The van der Waals surface area contributed by atoms with Gasteiger partial charge in [0.1, 0.15) is 11.5 Å². The van der Waals surface area contributed by atoms with Crippen LogP contribution in [0.1, 0.15) is 54.1 Å². The number of hydrogen-bond donors (Lipinski definition) is 0. The molecule has 2 rings (SSSR count). The molecule has 0 radical (unpaired) electrons. The maximum absolute atomic E-state index is 12.6. The highest BCUT2D eigenvalue weighted by Crippen LogP contribution is 2.29. The zero-order chi connectivity index (χ0) is 15.6. The van der Waals surface area contributed by atoms with Crippen LogP contribution >= 0.6 is 0 Å². The molecule has 0 aliphatic carbocycles. The lowest BCUT2D eigenvalue weighted by molar-refractivity contribution is -0.131. The lowest BCUT2D eigenvalue weighted by Gasteiger charge is -2.27. The second-order valence-electron chi connectivity index (χ2n) is 5.58. The summed E-state index contributed by atoms with van der Waals surface area (Å²) in [6.45, 7) is 7.61. The molecule has 5 nitrogen and oxygen atoms in total. The molecule has 116 valence electrons. The smallest absolute Gasteiger partial charge is 0.257 e. The van der Waals surface area contributed by atoms with E-state index < -0.39 is 0 Å². The van der Waals surface area contributed by atoms with Crippen LogP contribution in [-0.2, 0) is 17.8 Å². The van der Waals surface area contributed by atoms with Gasteiger partial charge in [-0.05, 0) is 13.3 Å². The van der Waals surface area contributed by atoms with Crippen molar-refractivity contribution in [2.24, 2.45) is 0 Å². The highest BCUT2D eigenvalue weighted by molar-refractivity contribution is 5.97. The van der Waals surface area contributed by atoms with Gasteiger partial charge in [0.25, 0.3) is 5.91 Å². The molecular weight excluding hydrogens is 268 g/mol. The Labute approximate surface area is 125 Å². The quantitative estimate of drug-likeness (QED) is 0.856. The van der Waals surface area contributed by atoms with E-state index in [1.807, 2.05) is 32.7 Å². The molecule has 1 aliphatic heterocycles. The van der Waals surface area contributed by atoms with Gasteiger partial charge in [0, 0.05) is 45.1 Å². The number of carbonyl (C=O) groups is 2. The fourth-order valence-corrected chi connectivity index (χ4v) is 2.87. The third kappa shape index (κ3) is 2.96. The maximum atomic E-state index is 12.6. The summed E-state index contributed by atoms with van der Waals surface area (Å²) in [5.74, 6) is 1.64. The standard InChI is InChI=1S/C16H24N2O3/c1-5-8-17(4)16(20)15-11(3)21-13-7-9-18(10-12(13)15)14(19)6-2/h5-10H2,1-4H3. The molecule has 0 spiro atoms. The number of furan rings is 1. The molecule has 0 bridgehead atoms. The lowest BCUT2D eigenvalue weighted by atomic mass is 10.0. The van der Waals surface area contributed by atoms with Crippen LogP contribution in [-0.4, -0.2) is 41.8 Å². The first-order valence-electron chi connectivity index (χ1n) is 7.63. The van der Waals surface area contributed by atoms with Gasteiger partial charge in [0.2, 0.25) is 5.91 Å². The molecule has 0 saturated heterocycles. The molecule has 1 aromatic rings.